The number of carbonyl (C=O) groups excluding carboxylic acids is 1. The second-order valence-electron chi connectivity index (χ2n) is 7.70. The van der Waals surface area contributed by atoms with Gasteiger partial charge in [0.25, 0.3) is 5.91 Å². The Morgan fingerprint density at radius 3 is 2.30 bits per heavy atom. The second kappa shape index (κ2) is 7.55. The van der Waals surface area contributed by atoms with Crippen LogP contribution in [-0.4, -0.2) is 15.7 Å². The second-order valence-corrected chi connectivity index (χ2v) is 7.70. The minimum Gasteiger partial charge on any atom is -0.306 e. The van der Waals surface area contributed by atoms with Crippen LogP contribution in [0.5, 0.6) is 0 Å². The molecular weight excluding hydrogens is 405 g/mol. The van der Waals surface area contributed by atoms with E-state index in [1.54, 1.807) is 12.1 Å². The smallest absolute Gasteiger partial charge is 0.306 e. The molecule has 0 unspecified atom stereocenters. The highest BCUT2D eigenvalue weighted by atomic mass is 19.4. The molecule has 1 heterocycles. The van der Waals surface area contributed by atoms with E-state index in [1.807, 2.05) is 20.8 Å². The maximum atomic E-state index is 13.7. The molecule has 158 valence electrons. The number of rotatable bonds is 3. The van der Waals surface area contributed by atoms with E-state index in [9.17, 15) is 26.7 Å². The minimum absolute atomic E-state index is 0.133. The number of hydrogen-bond acceptors (Lipinski definition) is 2. The molecule has 0 aliphatic rings. The lowest BCUT2D eigenvalue weighted by atomic mass is 9.92. The molecular formula is C21H18F5N3O. The third-order valence-electron chi connectivity index (χ3n) is 4.31. The highest BCUT2D eigenvalue weighted by molar-refractivity contribution is 6.04. The average Bonchev–Trinajstić information content (AvgIpc) is 3.05. The highest BCUT2D eigenvalue weighted by Gasteiger charge is 2.34. The quantitative estimate of drug-likeness (QED) is 0.548. The normalized spacial score (nSPS) is 12.1. The van der Waals surface area contributed by atoms with Crippen LogP contribution in [0.4, 0.5) is 27.8 Å². The van der Waals surface area contributed by atoms with Crippen LogP contribution in [0.1, 0.15) is 42.4 Å². The molecule has 0 aliphatic carbocycles. The number of nitrogens with one attached hydrogen (secondary N) is 1. The molecule has 1 N–H and O–H groups in total. The number of halogens is 5. The summed E-state index contributed by atoms with van der Waals surface area (Å²) in [6.45, 7) is 5.64. The van der Waals surface area contributed by atoms with Gasteiger partial charge >= 0.3 is 6.18 Å². The van der Waals surface area contributed by atoms with Gasteiger partial charge in [-0.15, -0.1) is 0 Å². The van der Waals surface area contributed by atoms with E-state index in [-0.39, 0.29) is 11.4 Å². The van der Waals surface area contributed by atoms with Gasteiger partial charge in [0, 0.05) is 17.0 Å². The molecule has 0 atom stereocenters. The van der Waals surface area contributed by atoms with Gasteiger partial charge in [0.1, 0.15) is 17.5 Å². The lowest BCUT2D eigenvalue weighted by molar-refractivity contribution is -0.140. The third-order valence-corrected chi connectivity index (χ3v) is 4.31. The van der Waals surface area contributed by atoms with Crippen molar-refractivity contribution in [1.29, 1.82) is 0 Å². The van der Waals surface area contributed by atoms with Gasteiger partial charge in [0.15, 0.2) is 0 Å². The lowest BCUT2D eigenvalue weighted by Gasteiger charge is -2.14. The number of alkyl halides is 3. The number of aromatic nitrogens is 2. The molecule has 1 aromatic heterocycles. The number of carbonyl (C=O) groups is 1. The average molecular weight is 423 g/mol. The predicted molar refractivity (Wildman–Crippen MR) is 102 cm³/mol. The molecule has 9 heteroatoms. The fraction of sp³-hybridized carbons (Fsp3) is 0.238. The summed E-state index contributed by atoms with van der Waals surface area (Å²) >= 11 is 0. The zero-order chi connectivity index (χ0) is 22.3. The first-order chi connectivity index (χ1) is 13.9. The van der Waals surface area contributed by atoms with Crippen molar-refractivity contribution in [2.75, 3.05) is 5.32 Å². The van der Waals surface area contributed by atoms with Gasteiger partial charge in [0.05, 0.1) is 16.9 Å². The fourth-order valence-corrected chi connectivity index (χ4v) is 2.71. The molecule has 0 bridgehead atoms. The van der Waals surface area contributed by atoms with E-state index in [2.05, 4.69) is 10.4 Å². The van der Waals surface area contributed by atoms with E-state index < -0.39 is 34.7 Å². The third kappa shape index (κ3) is 4.50. The number of nitrogens with zero attached hydrogens (tertiary/aromatic N) is 2. The molecule has 0 saturated carbocycles. The van der Waals surface area contributed by atoms with E-state index in [1.165, 1.54) is 22.9 Å². The van der Waals surface area contributed by atoms with Crippen LogP contribution < -0.4 is 5.32 Å². The van der Waals surface area contributed by atoms with Crippen molar-refractivity contribution in [1.82, 2.24) is 9.78 Å². The summed E-state index contributed by atoms with van der Waals surface area (Å²) in [5.74, 6) is -2.75. The maximum absolute atomic E-state index is 13.7. The largest absolute Gasteiger partial charge is 0.419 e. The van der Waals surface area contributed by atoms with Gasteiger partial charge < -0.3 is 5.32 Å². The van der Waals surface area contributed by atoms with E-state index in [0.717, 1.165) is 6.07 Å². The summed E-state index contributed by atoms with van der Waals surface area (Å²) < 4.78 is 67.3. The Labute approximate surface area is 169 Å². The van der Waals surface area contributed by atoms with Gasteiger partial charge in [-0.1, -0.05) is 26.8 Å². The summed E-state index contributed by atoms with van der Waals surface area (Å²) in [5, 5.41) is 6.89. The SMILES string of the molecule is CC(C)(C)c1cc(NC(=O)c2ccc(F)c(C(F)(F)F)c2)n(-c2cccc(F)c2)n1. The number of hydrogen-bond donors (Lipinski definition) is 1. The van der Waals surface area contributed by atoms with Crippen LogP contribution in [-0.2, 0) is 11.6 Å². The summed E-state index contributed by atoms with van der Waals surface area (Å²) in [6.07, 6.45) is -4.94. The Bertz CT molecular complexity index is 1100. The Morgan fingerprint density at radius 1 is 1.00 bits per heavy atom. The number of amides is 1. The molecule has 3 aromatic rings. The van der Waals surface area contributed by atoms with Crippen LogP contribution in [0.25, 0.3) is 5.69 Å². The zero-order valence-electron chi connectivity index (χ0n) is 16.3. The van der Waals surface area contributed by atoms with Gasteiger partial charge in [-0.25, -0.2) is 13.5 Å². The van der Waals surface area contributed by atoms with Gasteiger partial charge in [-0.2, -0.15) is 18.3 Å². The molecule has 0 fully saturated rings. The van der Waals surface area contributed by atoms with Crippen molar-refractivity contribution in [3.05, 3.63) is 77.0 Å². The first-order valence-electron chi connectivity index (χ1n) is 8.91. The van der Waals surface area contributed by atoms with Crippen molar-refractivity contribution in [3.63, 3.8) is 0 Å². The summed E-state index contributed by atoms with van der Waals surface area (Å²) in [5.41, 5.74) is -1.46. The maximum Gasteiger partial charge on any atom is 0.419 e. The van der Waals surface area contributed by atoms with Gasteiger partial charge in [-0.05, 0) is 36.4 Å². The Hall–Kier alpha value is -3.23. The summed E-state index contributed by atoms with van der Waals surface area (Å²) in [4.78, 5) is 12.6. The first kappa shape index (κ1) is 21.5. The Morgan fingerprint density at radius 2 is 1.70 bits per heavy atom. The van der Waals surface area contributed by atoms with Crippen molar-refractivity contribution in [2.24, 2.45) is 0 Å². The predicted octanol–water partition coefficient (Wildman–Crippen LogP) is 5.72. The first-order valence-corrected chi connectivity index (χ1v) is 8.91. The molecule has 1 amide bonds. The fourth-order valence-electron chi connectivity index (χ4n) is 2.71. The molecule has 0 saturated heterocycles. The standard InChI is InChI=1S/C21H18F5N3O/c1-20(2,3)17-11-18(29(28-17)14-6-4-5-13(22)10-14)27-19(30)12-7-8-16(23)15(9-12)21(24,25)26/h4-11H,1-3H3,(H,27,30). The summed E-state index contributed by atoms with van der Waals surface area (Å²) in [6, 6.07) is 9.01. The van der Waals surface area contributed by atoms with Crippen LogP contribution in [0, 0.1) is 11.6 Å². The van der Waals surface area contributed by atoms with Crippen LogP contribution in [0.15, 0.2) is 48.5 Å². The Balaban J connectivity index is 2.02. The number of anilines is 1. The highest BCUT2D eigenvalue weighted by Crippen LogP contribution is 2.32. The molecule has 30 heavy (non-hydrogen) atoms. The van der Waals surface area contributed by atoms with Crippen LogP contribution >= 0.6 is 0 Å². The summed E-state index contributed by atoms with van der Waals surface area (Å²) in [7, 11) is 0. The van der Waals surface area contributed by atoms with Crippen molar-refractivity contribution < 1.29 is 26.7 Å². The lowest BCUT2D eigenvalue weighted by Crippen LogP contribution is -2.17. The van der Waals surface area contributed by atoms with E-state index in [0.29, 0.717) is 23.5 Å². The van der Waals surface area contributed by atoms with E-state index in [4.69, 9.17) is 0 Å². The molecule has 3 rings (SSSR count). The molecule has 2 aromatic carbocycles. The zero-order valence-corrected chi connectivity index (χ0v) is 16.3. The monoisotopic (exact) mass is 423 g/mol. The minimum atomic E-state index is -4.94. The Kier molecular flexibility index (Phi) is 5.40. The molecule has 0 radical (unpaired) electrons. The van der Waals surface area contributed by atoms with E-state index >= 15 is 0 Å². The van der Waals surface area contributed by atoms with Gasteiger partial charge in [-0.3, -0.25) is 4.79 Å². The molecule has 4 nitrogen and oxygen atoms in total. The molecule has 0 aliphatic heterocycles. The molecule has 0 spiro atoms. The topological polar surface area (TPSA) is 46.9 Å². The van der Waals surface area contributed by atoms with Crippen molar-refractivity contribution in [3.8, 4) is 5.69 Å². The van der Waals surface area contributed by atoms with Crippen molar-refractivity contribution in [2.45, 2.75) is 32.4 Å². The van der Waals surface area contributed by atoms with Crippen molar-refractivity contribution >= 4 is 11.7 Å². The van der Waals surface area contributed by atoms with Gasteiger partial charge in [0.2, 0.25) is 0 Å². The number of benzene rings is 2. The van der Waals surface area contributed by atoms with Crippen LogP contribution in [0.3, 0.4) is 0 Å². The van der Waals surface area contributed by atoms with Crippen LogP contribution in [0.2, 0.25) is 0 Å².